The summed E-state index contributed by atoms with van der Waals surface area (Å²) in [5, 5.41) is 9.77. The van der Waals surface area contributed by atoms with Crippen LogP contribution in [-0.4, -0.2) is 4.90 Å². The Kier molecular flexibility index (Phi) is 2.85. The highest BCUT2D eigenvalue weighted by molar-refractivity contribution is 5.57. The fraction of sp³-hybridized carbons (Fsp3) is 0.105. The largest absolute Gasteiger partial charge is 0.325 e. The SMILES string of the molecule is N#CC1(c2ccccc2)C=CN2C=Cc3ccccc3C2O1. The summed E-state index contributed by atoms with van der Waals surface area (Å²) in [5.74, 6) is 0. The quantitative estimate of drug-likeness (QED) is 0.796. The van der Waals surface area contributed by atoms with E-state index in [0.717, 1.165) is 16.7 Å². The monoisotopic (exact) mass is 286 g/mol. The third kappa shape index (κ3) is 1.86. The number of hydrogen-bond acceptors (Lipinski definition) is 3. The highest BCUT2D eigenvalue weighted by Crippen LogP contribution is 2.42. The Morgan fingerprint density at radius 3 is 2.59 bits per heavy atom. The van der Waals surface area contributed by atoms with Crippen molar-refractivity contribution in [1.29, 1.82) is 5.26 Å². The Balaban J connectivity index is 1.82. The van der Waals surface area contributed by atoms with Crippen LogP contribution in [0.15, 0.2) is 73.1 Å². The molecule has 0 radical (unpaired) electrons. The molecule has 0 N–H and O–H groups in total. The summed E-state index contributed by atoms with van der Waals surface area (Å²) in [6.45, 7) is 0. The molecule has 2 aliphatic rings. The first-order valence-corrected chi connectivity index (χ1v) is 7.21. The average Bonchev–Trinajstić information content (AvgIpc) is 2.62. The highest BCUT2D eigenvalue weighted by atomic mass is 16.5. The molecule has 106 valence electrons. The van der Waals surface area contributed by atoms with Crippen molar-refractivity contribution in [2.24, 2.45) is 0 Å². The first kappa shape index (κ1) is 12.9. The Morgan fingerprint density at radius 1 is 1.00 bits per heavy atom. The second kappa shape index (κ2) is 4.87. The molecule has 0 fully saturated rings. The van der Waals surface area contributed by atoms with E-state index in [1.807, 2.05) is 71.9 Å². The Labute approximate surface area is 129 Å². The van der Waals surface area contributed by atoms with Crippen LogP contribution in [0.5, 0.6) is 0 Å². The Morgan fingerprint density at radius 2 is 1.77 bits per heavy atom. The van der Waals surface area contributed by atoms with Gasteiger partial charge in [-0.1, -0.05) is 54.6 Å². The number of nitriles is 1. The third-order valence-electron chi connectivity index (χ3n) is 4.11. The van der Waals surface area contributed by atoms with E-state index in [-0.39, 0.29) is 6.23 Å². The Hall–Kier alpha value is -2.83. The molecule has 0 saturated heterocycles. The van der Waals surface area contributed by atoms with E-state index >= 15 is 0 Å². The molecule has 2 unspecified atom stereocenters. The molecular weight excluding hydrogens is 272 g/mol. The molecule has 2 aliphatic heterocycles. The second-order valence-corrected chi connectivity index (χ2v) is 5.39. The van der Waals surface area contributed by atoms with Gasteiger partial charge in [-0.3, -0.25) is 0 Å². The van der Waals surface area contributed by atoms with Gasteiger partial charge >= 0.3 is 0 Å². The molecule has 0 spiro atoms. The molecule has 0 aliphatic carbocycles. The predicted molar refractivity (Wildman–Crippen MR) is 84.0 cm³/mol. The van der Waals surface area contributed by atoms with Gasteiger partial charge in [-0.15, -0.1) is 0 Å². The van der Waals surface area contributed by atoms with Gasteiger partial charge in [0.1, 0.15) is 6.07 Å². The van der Waals surface area contributed by atoms with Crippen LogP contribution < -0.4 is 0 Å². The van der Waals surface area contributed by atoms with E-state index < -0.39 is 5.60 Å². The molecular formula is C19H14N2O. The van der Waals surface area contributed by atoms with Crippen LogP contribution in [0.2, 0.25) is 0 Å². The van der Waals surface area contributed by atoms with Crippen LogP contribution >= 0.6 is 0 Å². The molecule has 22 heavy (non-hydrogen) atoms. The van der Waals surface area contributed by atoms with Crippen LogP contribution in [0.3, 0.4) is 0 Å². The average molecular weight is 286 g/mol. The Bertz CT molecular complexity index is 804. The van der Waals surface area contributed by atoms with Crippen LogP contribution in [0, 0.1) is 11.3 Å². The minimum Gasteiger partial charge on any atom is -0.325 e. The maximum Gasteiger partial charge on any atom is 0.202 e. The fourth-order valence-corrected chi connectivity index (χ4v) is 2.93. The van der Waals surface area contributed by atoms with E-state index in [9.17, 15) is 5.26 Å². The zero-order chi connectivity index (χ0) is 15.0. The summed E-state index contributed by atoms with van der Waals surface area (Å²) < 4.78 is 6.27. The topological polar surface area (TPSA) is 36.3 Å². The van der Waals surface area contributed by atoms with Gasteiger partial charge in [0, 0.05) is 23.5 Å². The van der Waals surface area contributed by atoms with Gasteiger partial charge in [0.05, 0.1) is 0 Å². The maximum absolute atomic E-state index is 9.77. The van der Waals surface area contributed by atoms with Crippen molar-refractivity contribution in [2.45, 2.75) is 11.8 Å². The molecule has 3 heteroatoms. The third-order valence-corrected chi connectivity index (χ3v) is 4.11. The predicted octanol–water partition coefficient (Wildman–Crippen LogP) is 3.93. The van der Waals surface area contributed by atoms with Crippen LogP contribution in [0.25, 0.3) is 6.08 Å². The normalized spacial score (nSPS) is 25.2. The van der Waals surface area contributed by atoms with Crippen molar-refractivity contribution >= 4 is 6.08 Å². The molecule has 3 nitrogen and oxygen atoms in total. The molecule has 4 rings (SSSR count). The lowest BCUT2D eigenvalue weighted by atomic mass is 9.92. The van der Waals surface area contributed by atoms with Crippen molar-refractivity contribution < 1.29 is 4.74 Å². The molecule has 2 heterocycles. The molecule has 0 aromatic heterocycles. The van der Waals surface area contributed by atoms with Gasteiger partial charge in [0.2, 0.25) is 5.60 Å². The number of fused-ring (bicyclic) bond motifs is 3. The molecule has 2 aromatic carbocycles. The van der Waals surface area contributed by atoms with Gasteiger partial charge in [-0.25, -0.2) is 0 Å². The zero-order valence-corrected chi connectivity index (χ0v) is 11.9. The molecule has 0 bridgehead atoms. The maximum atomic E-state index is 9.77. The number of nitrogens with zero attached hydrogens (tertiary/aromatic N) is 2. The number of hydrogen-bond donors (Lipinski definition) is 0. The summed E-state index contributed by atoms with van der Waals surface area (Å²) in [4.78, 5) is 1.99. The van der Waals surface area contributed by atoms with Crippen molar-refractivity contribution in [2.75, 3.05) is 0 Å². The highest BCUT2D eigenvalue weighted by Gasteiger charge is 2.40. The van der Waals surface area contributed by atoms with E-state index in [0.29, 0.717) is 0 Å². The number of rotatable bonds is 1. The van der Waals surface area contributed by atoms with Gasteiger partial charge in [-0.05, 0) is 17.7 Å². The smallest absolute Gasteiger partial charge is 0.202 e. The molecule has 2 aromatic rings. The first-order chi connectivity index (χ1) is 10.8. The van der Waals surface area contributed by atoms with Gasteiger partial charge < -0.3 is 9.64 Å². The minimum absolute atomic E-state index is 0.286. The minimum atomic E-state index is -1.05. The zero-order valence-electron chi connectivity index (χ0n) is 11.9. The second-order valence-electron chi connectivity index (χ2n) is 5.39. The van der Waals surface area contributed by atoms with Crippen LogP contribution in [0.4, 0.5) is 0 Å². The van der Waals surface area contributed by atoms with Gasteiger partial charge in [-0.2, -0.15) is 5.26 Å². The van der Waals surface area contributed by atoms with Crippen molar-refractivity contribution in [3.05, 3.63) is 89.8 Å². The molecule has 0 saturated carbocycles. The van der Waals surface area contributed by atoms with Crippen molar-refractivity contribution in [3.8, 4) is 6.07 Å². The first-order valence-electron chi connectivity index (χ1n) is 7.21. The number of benzene rings is 2. The van der Waals surface area contributed by atoms with Gasteiger partial charge in [0.15, 0.2) is 6.23 Å². The lowest BCUT2D eigenvalue weighted by Crippen LogP contribution is -2.38. The van der Waals surface area contributed by atoms with Crippen molar-refractivity contribution in [1.82, 2.24) is 4.90 Å². The summed E-state index contributed by atoms with van der Waals surface area (Å²) >= 11 is 0. The lowest BCUT2D eigenvalue weighted by Gasteiger charge is -2.41. The van der Waals surface area contributed by atoms with Crippen LogP contribution in [0.1, 0.15) is 22.9 Å². The summed E-state index contributed by atoms with van der Waals surface area (Å²) in [7, 11) is 0. The molecule has 0 amide bonds. The van der Waals surface area contributed by atoms with Gasteiger partial charge in [0.25, 0.3) is 0 Å². The van der Waals surface area contributed by atoms with Crippen molar-refractivity contribution in [3.63, 3.8) is 0 Å². The molecule has 2 atom stereocenters. The summed E-state index contributed by atoms with van der Waals surface area (Å²) in [6.07, 6.45) is 7.50. The number of ether oxygens (including phenoxy) is 1. The van der Waals surface area contributed by atoms with E-state index in [1.54, 1.807) is 0 Å². The standard InChI is InChI=1S/C19H14N2O/c20-14-19(16-7-2-1-3-8-16)11-13-21-12-10-15-6-4-5-9-17(15)18(21)22-19/h1-13,18H. The fourth-order valence-electron chi connectivity index (χ4n) is 2.93. The summed E-state index contributed by atoms with van der Waals surface area (Å²) in [5.41, 5.74) is 1.99. The van der Waals surface area contributed by atoms with E-state index in [2.05, 4.69) is 18.2 Å². The lowest BCUT2D eigenvalue weighted by molar-refractivity contribution is -0.103. The van der Waals surface area contributed by atoms with Crippen LogP contribution in [-0.2, 0) is 10.3 Å². The van der Waals surface area contributed by atoms with E-state index in [4.69, 9.17) is 4.74 Å². The summed E-state index contributed by atoms with van der Waals surface area (Å²) in [6, 6.07) is 20.1. The van der Waals surface area contributed by atoms with E-state index in [1.165, 1.54) is 0 Å².